The Hall–Kier alpha value is -3.18. The zero-order valence-electron chi connectivity index (χ0n) is 18.5. The smallest absolute Gasteiger partial charge is 0.475 e. The molecule has 0 aromatic heterocycles. The molecule has 3 rings (SSSR count). The molecule has 0 aliphatic carbocycles. The van der Waals surface area contributed by atoms with Crippen LogP contribution < -0.4 is 5.32 Å². The topological polar surface area (TPSA) is 90.0 Å². The molecule has 1 heterocycles. The summed E-state index contributed by atoms with van der Waals surface area (Å²) in [6, 6.07) is 12.7. The average molecular weight is 518 g/mol. The second-order valence-electron chi connectivity index (χ2n) is 7.54. The Labute approximate surface area is 204 Å². The summed E-state index contributed by atoms with van der Waals surface area (Å²) in [4.78, 5) is 37.8. The van der Waals surface area contributed by atoms with Crippen LogP contribution in [-0.2, 0) is 16.1 Å². The number of alkyl halides is 3. The fourth-order valence-electron chi connectivity index (χ4n) is 3.14. The van der Waals surface area contributed by atoms with Gasteiger partial charge in [-0.25, -0.2) is 9.18 Å². The van der Waals surface area contributed by atoms with Crippen molar-refractivity contribution in [2.45, 2.75) is 19.1 Å². The zero-order valence-corrected chi connectivity index (χ0v) is 19.3. The van der Waals surface area contributed by atoms with Crippen molar-refractivity contribution in [1.82, 2.24) is 15.1 Å². The number of piperazine rings is 1. The summed E-state index contributed by atoms with van der Waals surface area (Å²) in [6.45, 7) is 3.53. The van der Waals surface area contributed by atoms with Crippen molar-refractivity contribution < 1.29 is 37.1 Å². The van der Waals surface area contributed by atoms with E-state index in [0.717, 1.165) is 18.7 Å². The lowest BCUT2D eigenvalue weighted by Crippen LogP contribution is -2.47. The Morgan fingerprint density at radius 2 is 1.54 bits per heavy atom. The van der Waals surface area contributed by atoms with Crippen LogP contribution in [0.1, 0.15) is 22.3 Å². The molecule has 12 heteroatoms. The molecule has 0 atom stereocenters. The van der Waals surface area contributed by atoms with E-state index in [1.165, 1.54) is 12.1 Å². The second kappa shape index (κ2) is 13.1. The lowest BCUT2D eigenvalue weighted by Gasteiger charge is -2.29. The summed E-state index contributed by atoms with van der Waals surface area (Å²) in [6.07, 6.45) is -4.83. The molecule has 190 valence electrons. The minimum absolute atomic E-state index is 0.0366. The number of halogens is 5. The van der Waals surface area contributed by atoms with Gasteiger partial charge < -0.3 is 20.2 Å². The molecule has 2 amide bonds. The number of hydrogen-bond donors (Lipinski definition) is 2. The van der Waals surface area contributed by atoms with Crippen LogP contribution in [-0.4, -0.2) is 71.6 Å². The molecule has 35 heavy (non-hydrogen) atoms. The maximum absolute atomic E-state index is 13.2. The van der Waals surface area contributed by atoms with Gasteiger partial charge in [0.25, 0.3) is 5.91 Å². The molecule has 7 nitrogen and oxygen atoms in total. The zero-order chi connectivity index (χ0) is 26.0. The van der Waals surface area contributed by atoms with E-state index in [-0.39, 0.29) is 24.1 Å². The molecule has 2 aromatic carbocycles. The van der Waals surface area contributed by atoms with Crippen LogP contribution >= 0.6 is 11.6 Å². The van der Waals surface area contributed by atoms with Crippen molar-refractivity contribution in [3.63, 3.8) is 0 Å². The van der Waals surface area contributed by atoms with Crippen LogP contribution in [0.2, 0.25) is 5.02 Å². The van der Waals surface area contributed by atoms with Crippen LogP contribution in [0, 0.1) is 5.82 Å². The standard InChI is InChI=1S/C21H23ClFN3O2.C2HF3O2/c22-18-5-3-17(4-6-18)21(28)26(15-16-1-7-19(23)8-2-16)12-9-20(27)25-13-10-24-11-14-25;3-2(4,5)1(6)7/h1-8,24H,9-15H2;(H,6,7). The van der Waals surface area contributed by atoms with Crippen molar-refractivity contribution in [3.8, 4) is 0 Å². The normalized spacial score (nSPS) is 13.5. The van der Waals surface area contributed by atoms with Gasteiger partial charge in [0.15, 0.2) is 0 Å². The van der Waals surface area contributed by atoms with Gasteiger partial charge in [-0.1, -0.05) is 23.7 Å². The van der Waals surface area contributed by atoms with E-state index in [1.807, 2.05) is 4.90 Å². The summed E-state index contributed by atoms with van der Waals surface area (Å²) < 4.78 is 44.9. The van der Waals surface area contributed by atoms with Gasteiger partial charge in [-0.15, -0.1) is 0 Å². The number of carboxylic acid groups (broad SMARTS) is 1. The summed E-state index contributed by atoms with van der Waals surface area (Å²) in [5.74, 6) is -3.23. The fraction of sp³-hybridized carbons (Fsp3) is 0.348. The van der Waals surface area contributed by atoms with E-state index < -0.39 is 12.1 Å². The molecule has 0 radical (unpaired) electrons. The van der Waals surface area contributed by atoms with Crippen LogP contribution in [0.15, 0.2) is 48.5 Å². The maximum atomic E-state index is 13.2. The summed E-state index contributed by atoms with van der Waals surface area (Å²) in [7, 11) is 0. The first-order valence-corrected chi connectivity index (χ1v) is 10.9. The third kappa shape index (κ3) is 9.53. The highest BCUT2D eigenvalue weighted by Gasteiger charge is 2.38. The number of nitrogens with zero attached hydrogens (tertiary/aromatic N) is 2. The Bertz CT molecular complexity index is 995. The fourth-order valence-corrected chi connectivity index (χ4v) is 3.27. The molecule has 0 bridgehead atoms. The van der Waals surface area contributed by atoms with Gasteiger partial charge in [0.05, 0.1) is 0 Å². The number of carbonyl (C=O) groups is 3. The number of rotatable bonds is 6. The molecule has 1 aliphatic rings. The second-order valence-corrected chi connectivity index (χ2v) is 7.98. The molecule has 1 saturated heterocycles. The van der Waals surface area contributed by atoms with E-state index >= 15 is 0 Å². The minimum Gasteiger partial charge on any atom is -0.475 e. The summed E-state index contributed by atoms with van der Waals surface area (Å²) in [5, 5.41) is 10.9. The maximum Gasteiger partial charge on any atom is 0.490 e. The predicted molar refractivity (Wildman–Crippen MR) is 120 cm³/mol. The Morgan fingerprint density at radius 3 is 2.06 bits per heavy atom. The number of carbonyl (C=O) groups excluding carboxylic acids is 2. The molecule has 2 N–H and O–H groups in total. The Kier molecular flexibility index (Phi) is 10.5. The van der Waals surface area contributed by atoms with Crippen LogP contribution in [0.5, 0.6) is 0 Å². The molecule has 0 unspecified atom stereocenters. The number of amides is 2. The number of nitrogens with one attached hydrogen (secondary N) is 1. The first-order valence-electron chi connectivity index (χ1n) is 10.5. The minimum atomic E-state index is -5.08. The number of benzene rings is 2. The first-order chi connectivity index (χ1) is 16.5. The monoisotopic (exact) mass is 517 g/mol. The van der Waals surface area contributed by atoms with Crippen molar-refractivity contribution in [3.05, 3.63) is 70.5 Å². The Balaban J connectivity index is 0.000000540. The summed E-state index contributed by atoms with van der Waals surface area (Å²) >= 11 is 5.91. The van der Waals surface area contributed by atoms with Gasteiger partial charge in [-0.05, 0) is 42.0 Å². The average Bonchev–Trinajstić information content (AvgIpc) is 2.83. The van der Waals surface area contributed by atoms with E-state index in [4.69, 9.17) is 21.5 Å². The molecular formula is C23H24ClF4N3O4. The van der Waals surface area contributed by atoms with E-state index in [0.29, 0.717) is 36.8 Å². The molecule has 1 aliphatic heterocycles. The van der Waals surface area contributed by atoms with Crippen LogP contribution in [0.25, 0.3) is 0 Å². The Morgan fingerprint density at radius 1 is 1.00 bits per heavy atom. The molecule has 2 aromatic rings. The molecule has 0 saturated carbocycles. The number of carboxylic acids is 1. The van der Waals surface area contributed by atoms with Crippen LogP contribution in [0.4, 0.5) is 17.6 Å². The quantitative estimate of drug-likeness (QED) is 0.572. The number of aliphatic carboxylic acids is 1. The van der Waals surface area contributed by atoms with Gasteiger partial charge in [-0.3, -0.25) is 9.59 Å². The van der Waals surface area contributed by atoms with E-state index in [1.54, 1.807) is 41.3 Å². The van der Waals surface area contributed by atoms with E-state index in [2.05, 4.69) is 5.32 Å². The van der Waals surface area contributed by atoms with Gasteiger partial charge in [0, 0.05) is 56.3 Å². The van der Waals surface area contributed by atoms with Crippen molar-refractivity contribution in [1.29, 1.82) is 0 Å². The highest BCUT2D eigenvalue weighted by Crippen LogP contribution is 2.15. The lowest BCUT2D eigenvalue weighted by molar-refractivity contribution is -0.192. The largest absolute Gasteiger partial charge is 0.490 e. The SMILES string of the molecule is O=C(CCN(Cc1ccc(F)cc1)C(=O)c1ccc(Cl)cc1)N1CCNCC1.O=C(O)C(F)(F)F. The highest BCUT2D eigenvalue weighted by molar-refractivity contribution is 6.30. The summed E-state index contributed by atoms with van der Waals surface area (Å²) in [5.41, 5.74) is 1.31. The molecule has 0 spiro atoms. The van der Waals surface area contributed by atoms with Gasteiger partial charge >= 0.3 is 12.1 Å². The van der Waals surface area contributed by atoms with Crippen molar-refractivity contribution in [2.24, 2.45) is 0 Å². The van der Waals surface area contributed by atoms with Crippen LogP contribution in [0.3, 0.4) is 0 Å². The number of hydrogen-bond acceptors (Lipinski definition) is 4. The van der Waals surface area contributed by atoms with Gasteiger partial charge in [0.2, 0.25) is 5.91 Å². The third-order valence-corrected chi connectivity index (χ3v) is 5.22. The third-order valence-electron chi connectivity index (χ3n) is 4.97. The molecular weight excluding hydrogens is 494 g/mol. The van der Waals surface area contributed by atoms with Crippen molar-refractivity contribution >= 4 is 29.4 Å². The van der Waals surface area contributed by atoms with Gasteiger partial charge in [-0.2, -0.15) is 13.2 Å². The van der Waals surface area contributed by atoms with E-state index in [9.17, 15) is 27.2 Å². The first kappa shape index (κ1) is 28.1. The predicted octanol–water partition coefficient (Wildman–Crippen LogP) is 3.58. The van der Waals surface area contributed by atoms with Crippen molar-refractivity contribution in [2.75, 3.05) is 32.7 Å². The molecule has 1 fully saturated rings. The van der Waals surface area contributed by atoms with Gasteiger partial charge in [0.1, 0.15) is 5.82 Å². The lowest BCUT2D eigenvalue weighted by atomic mass is 10.1. The highest BCUT2D eigenvalue weighted by atomic mass is 35.5.